The van der Waals surface area contributed by atoms with Gasteiger partial charge < -0.3 is 5.11 Å². The minimum absolute atomic E-state index is 0.0324. The van der Waals surface area contributed by atoms with Crippen LogP contribution in [0, 0.1) is 11.8 Å². The van der Waals surface area contributed by atoms with Crippen molar-refractivity contribution in [2.75, 3.05) is 0 Å². The van der Waals surface area contributed by atoms with E-state index >= 15 is 0 Å². The topological polar surface area (TPSA) is 54.4 Å². The molecule has 0 unspecified atom stereocenters. The first kappa shape index (κ1) is 10.9. The number of rotatable bonds is 4. The van der Waals surface area contributed by atoms with E-state index in [1.54, 1.807) is 12.1 Å². The van der Waals surface area contributed by atoms with Crippen molar-refractivity contribution in [3.8, 4) is 0 Å². The highest BCUT2D eigenvalue weighted by atomic mass is 16.4. The van der Waals surface area contributed by atoms with E-state index in [4.69, 9.17) is 5.11 Å². The van der Waals surface area contributed by atoms with Crippen LogP contribution in [0.5, 0.6) is 0 Å². The standard InChI is InChI=1S/C13H14O3/c1-2-8-3-5-9(6-4-8)12(14)10-7-11(10)13(15)16/h3-6,10-11H,2,7H2,1H3,(H,15,16)/t10-,11+/m0/s1. The van der Waals surface area contributed by atoms with Gasteiger partial charge in [-0.2, -0.15) is 0 Å². The number of carbonyl (C=O) groups excluding carboxylic acids is 1. The van der Waals surface area contributed by atoms with E-state index in [2.05, 4.69) is 6.92 Å². The summed E-state index contributed by atoms with van der Waals surface area (Å²) in [4.78, 5) is 22.5. The van der Waals surface area contributed by atoms with E-state index in [9.17, 15) is 9.59 Å². The smallest absolute Gasteiger partial charge is 0.307 e. The second-order valence-electron chi connectivity index (χ2n) is 4.20. The third-order valence-electron chi connectivity index (χ3n) is 3.09. The van der Waals surface area contributed by atoms with Gasteiger partial charge in [0, 0.05) is 11.5 Å². The lowest BCUT2D eigenvalue weighted by Crippen LogP contribution is -2.08. The van der Waals surface area contributed by atoms with E-state index in [1.807, 2.05) is 12.1 Å². The minimum Gasteiger partial charge on any atom is -0.481 e. The first-order valence-electron chi connectivity index (χ1n) is 5.49. The van der Waals surface area contributed by atoms with Crippen LogP contribution in [0.3, 0.4) is 0 Å². The fourth-order valence-electron chi connectivity index (χ4n) is 1.88. The Morgan fingerprint density at radius 2 is 1.88 bits per heavy atom. The van der Waals surface area contributed by atoms with Gasteiger partial charge in [0.05, 0.1) is 5.92 Å². The van der Waals surface area contributed by atoms with Crippen LogP contribution in [0.1, 0.15) is 29.3 Å². The van der Waals surface area contributed by atoms with Crippen LogP contribution in [0.25, 0.3) is 0 Å². The normalized spacial score (nSPS) is 22.8. The van der Waals surface area contributed by atoms with Gasteiger partial charge in [-0.25, -0.2) is 0 Å². The molecule has 0 bridgehead atoms. The molecule has 1 aliphatic rings. The molecule has 3 nitrogen and oxygen atoms in total. The van der Waals surface area contributed by atoms with Gasteiger partial charge in [-0.05, 0) is 18.4 Å². The lowest BCUT2D eigenvalue weighted by molar-refractivity contribution is -0.138. The second-order valence-corrected chi connectivity index (χ2v) is 4.20. The number of hydrogen-bond acceptors (Lipinski definition) is 2. The van der Waals surface area contributed by atoms with Gasteiger partial charge in [0.15, 0.2) is 5.78 Å². The molecule has 1 N–H and O–H groups in total. The van der Waals surface area contributed by atoms with E-state index in [0.717, 1.165) is 6.42 Å². The van der Waals surface area contributed by atoms with Crippen LogP contribution in [0.2, 0.25) is 0 Å². The third-order valence-corrected chi connectivity index (χ3v) is 3.09. The summed E-state index contributed by atoms with van der Waals surface area (Å²) >= 11 is 0. The van der Waals surface area contributed by atoms with Crippen LogP contribution >= 0.6 is 0 Å². The summed E-state index contributed by atoms with van der Waals surface area (Å²) in [7, 11) is 0. The molecular weight excluding hydrogens is 204 g/mol. The highest BCUT2D eigenvalue weighted by molar-refractivity contribution is 6.02. The Bertz CT molecular complexity index is 419. The number of carboxylic acid groups (broad SMARTS) is 1. The fraction of sp³-hybridized carbons (Fsp3) is 0.385. The summed E-state index contributed by atoms with van der Waals surface area (Å²) < 4.78 is 0. The van der Waals surface area contributed by atoms with Crippen molar-refractivity contribution in [1.82, 2.24) is 0 Å². The van der Waals surface area contributed by atoms with E-state index in [0.29, 0.717) is 12.0 Å². The summed E-state index contributed by atoms with van der Waals surface area (Å²) in [5, 5.41) is 8.75. The molecule has 0 saturated heterocycles. The molecule has 0 heterocycles. The summed E-state index contributed by atoms with van der Waals surface area (Å²) in [5.74, 6) is -1.65. The van der Waals surface area contributed by atoms with Crippen LogP contribution in [0.4, 0.5) is 0 Å². The zero-order valence-electron chi connectivity index (χ0n) is 9.14. The molecule has 0 radical (unpaired) electrons. The number of benzene rings is 1. The van der Waals surface area contributed by atoms with E-state index in [-0.39, 0.29) is 11.7 Å². The Labute approximate surface area is 94.1 Å². The lowest BCUT2D eigenvalue weighted by Gasteiger charge is -2.01. The number of carbonyl (C=O) groups is 2. The van der Waals surface area contributed by atoms with Gasteiger partial charge in [0.25, 0.3) is 0 Å². The molecule has 1 aliphatic carbocycles. The fourth-order valence-corrected chi connectivity index (χ4v) is 1.88. The molecule has 0 spiro atoms. The zero-order chi connectivity index (χ0) is 11.7. The summed E-state index contributed by atoms with van der Waals surface area (Å²) in [6.07, 6.45) is 1.43. The van der Waals surface area contributed by atoms with Crippen molar-refractivity contribution in [2.24, 2.45) is 11.8 Å². The molecule has 3 heteroatoms. The zero-order valence-corrected chi connectivity index (χ0v) is 9.14. The maximum Gasteiger partial charge on any atom is 0.307 e. The molecular formula is C13H14O3. The predicted octanol–water partition coefficient (Wildman–Crippen LogP) is 2.15. The number of ketones is 1. The Morgan fingerprint density at radius 3 is 2.31 bits per heavy atom. The molecule has 84 valence electrons. The molecule has 1 aromatic carbocycles. The molecule has 1 fully saturated rings. The molecule has 0 aliphatic heterocycles. The van der Waals surface area contributed by atoms with Crippen LogP contribution < -0.4 is 0 Å². The second kappa shape index (κ2) is 4.08. The predicted molar refractivity (Wildman–Crippen MR) is 59.4 cm³/mol. The minimum atomic E-state index is -0.858. The van der Waals surface area contributed by atoms with Crippen molar-refractivity contribution in [2.45, 2.75) is 19.8 Å². The lowest BCUT2D eigenvalue weighted by atomic mass is 10.0. The van der Waals surface area contributed by atoms with Gasteiger partial charge in [-0.15, -0.1) is 0 Å². The molecule has 16 heavy (non-hydrogen) atoms. The van der Waals surface area contributed by atoms with Crippen LogP contribution in [-0.4, -0.2) is 16.9 Å². The Kier molecular flexibility index (Phi) is 2.77. The van der Waals surface area contributed by atoms with Crippen molar-refractivity contribution < 1.29 is 14.7 Å². The maximum atomic E-state index is 11.9. The van der Waals surface area contributed by atoms with Gasteiger partial charge >= 0.3 is 5.97 Å². The van der Waals surface area contributed by atoms with Crippen molar-refractivity contribution in [3.05, 3.63) is 35.4 Å². The first-order chi connectivity index (χ1) is 7.63. The molecule has 0 aromatic heterocycles. The molecule has 2 rings (SSSR count). The molecule has 0 amide bonds. The number of Topliss-reactive ketones (excluding diaryl/α,β-unsaturated/α-hetero) is 1. The number of carboxylic acids is 1. The Morgan fingerprint density at radius 1 is 1.25 bits per heavy atom. The highest BCUT2D eigenvalue weighted by Gasteiger charge is 2.48. The van der Waals surface area contributed by atoms with Gasteiger partial charge in [-0.3, -0.25) is 9.59 Å². The summed E-state index contributed by atoms with van der Waals surface area (Å²) in [5.41, 5.74) is 1.81. The number of aryl methyl sites for hydroxylation is 1. The molecule has 1 aromatic rings. The average molecular weight is 218 g/mol. The summed E-state index contributed by atoms with van der Waals surface area (Å²) in [6.45, 7) is 2.05. The summed E-state index contributed by atoms with van der Waals surface area (Å²) in [6, 6.07) is 7.42. The van der Waals surface area contributed by atoms with Crippen molar-refractivity contribution >= 4 is 11.8 Å². The van der Waals surface area contributed by atoms with Gasteiger partial charge in [0.1, 0.15) is 0 Å². The largest absolute Gasteiger partial charge is 0.481 e. The van der Waals surface area contributed by atoms with Crippen LogP contribution in [0.15, 0.2) is 24.3 Å². The first-order valence-corrected chi connectivity index (χ1v) is 5.49. The number of aliphatic carboxylic acids is 1. The van der Waals surface area contributed by atoms with Gasteiger partial charge in [-0.1, -0.05) is 31.2 Å². The average Bonchev–Trinajstić information content (AvgIpc) is 3.08. The van der Waals surface area contributed by atoms with Crippen molar-refractivity contribution in [1.29, 1.82) is 0 Å². The van der Waals surface area contributed by atoms with Crippen molar-refractivity contribution in [3.63, 3.8) is 0 Å². The maximum absolute atomic E-state index is 11.9. The third kappa shape index (κ3) is 1.98. The molecule has 2 atom stereocenters. The molecule has 1 saturated carbocycles. The van der Waals surface area contributed by atoms with Crippen LogP contribution in [-0.2, 0) is 11.2 Å². The Balaban J connectivity index is 2.08. The Hall–Kier alpha value is -1.64. The monoisotopic (exact) mass is 218 g/mol. The van der Waals surface area contributed by atoms with E-state index < -0.39 is 11.9 Å². The van der Waals surface area contributed by atoms with E-state index in [1.165, 1.54) is 5.56 Å². The quantitative estimate of drug-likeness (QED) is 0.788. The SMILES string of the molecule is CCc1ccc(C(=O)[C@H]2C[C@H]2C(=O)O)cc1. The number of hydrogen-bond donors (Lipinski definition) is 1. The van der Waals surface area contributed by atoms with Gasteiger partial charge in [0.2, 0.25) is 0 Å². The highest BCUT2D eigenvalue weighted by Crippen LogP contribution is 2.41.